The van der Waals surface area contributed by atoms with Crippen molar-refractivity contribution in [2.75, 3.05) is 12.4 Å². The van der Waals surface area contributed by atoms with Crippen molar-refractivity contribution >= 4 is 18.6 Å². The van der Waals surface area contributed by atoms with Gasteiger partial charge in [0.05, 0.1) is 12.4 Å². The van der Waals surface area contributed by atoms with Crippen LogP contribution in [-0.4, -0.2) is 24.6 Å². The molecule has 4 heteroatoms. The van der Waals surface area contributed by atoms with E-state index in [-0.39, 0.29) is 11.7 Å². The summed E-state index contributed by atoms with van der Waals surface area (Å²) >= 11 is 3.82. The molecule has 0 fully saturated rings. The van der Waals surface area contributed by atoms with Gasteiger partial charge in [-0.15, -0.1) is 0 Å². The van der Waals surface area contributed by atoms with Crippen LogP contribution < -0.4 is 0 Å². The summed E-state index contributed by atoms with van der Waals surface area (Å²) in [4.78, 5) is 10.9. The first kappa shape index (κ1) is 15.8. The molecule has 16 heavy (non-hydrogen) atoms. The lowest BCUT2D eigenvalue weighted by Crippen LogP contribution is -2.19. The van der Waals surface area contributed by atoms with Crippen molar-refractivity contribution in [3.63, 3.8) is 0 Å². The number of ether oxygens (including phenoxy) is 2. The maximum absolute atomic E-state index is 10.9. The van der Waals surface area contributed by atoms with Crippen molar-refractivity contribution in [3.05, 3.63) is 0 Å². The molecular formula is C12H24O3S. The fourth-order valence-electron chi connectivity index (χ4n) is 1.39. The standard InChI is InChI=1S/C12H24O3S/c1-3-4-5-6-7-8-9-14-11(2)15-12(13)10-16/h11,16H,3-10H2,1-2H3. The first-order valence-corrected chi connectivity index (χ1v) is 6.76. The highest BCUT2D eigenvalue weighted by atomic mass is 32.1. The molecule has 0 N–H and O–H groups in total. The van der Waals surface area contributed by atoms with Crippen LogP contribution >= 0.6 is 12.6 Å². The summed E-state index contributed by atoms with van der Waals surface area (Å²) in [5.41, 5.74) is 0. The second kappa shape index (κ2) is 11.3. The highest BCUT2D eigenvalue weighted by Gasteiger charge is 2.06. The van der Waals surface area contributed by atoms with Crippen LogP contribution in [0.5, 0.6) is 0 Å². The fraction of sp³-hybridized carbons (Fsp3) is 0.917. The van der Waals surface area contributed by atoms with Crippen molar-refractivity contribution in [3.8, 4) is 0 Å². The number of hydrogen-bond acceptors (Lipinski definition) is 4. The highest BCUT2D eigenvalue weighted by molar-refractivity contribution is 7.81. The van der Waals surface area contributed by atoms with Gasteiger partial charge in [-0.05, 0) is 13.3 Å². The summed E-state index contributed by atoms with van der Waals surface area (Å²) in [5.74, 6) is -0.233. The molecular weight excluding hydrogens is 224 g/mol. The van der Waals surface area contributed by atoms with Gasteiger partial charge in [-0.2, -0.15) is 12.6 Å². The second-order valence-electron chi connectivity index (χ2n) is 3.85. The van der Waals surface area contributed by atoms with Crippen LogP contribution in [0.2, 0.25) is 0 Å². The molecule has 0 aliphatic rings. The molecule has 0 aromatic heterocycles. The van der Waals surface area contributed by atoms with Crippen molar-refractivity contribution in [2.24, 2.45) is 0 Å². The monoisotopic (exact) mass is 248 g/mol. The first-order valence-electron chi connectivity index (χ1n) is 6.12. The van der Waals surface area contributed by atoms with Crippen molar-refractivity contribution in [1.82, 2.24) is 0 Å². The molecule has 0 radical (unpaired) electrons. The minimum atomic E-state index is -0.449. The molecule has 0 aliphatic heterocycles. The number of unbranched alkanes of at least 4 members (excludes halogenated alkanes) is 5. The molecule has 0 saturated heterocycles. The van der Waals surface area contributed by atoms with E-state index in [9.17, 15) is 4.79 Å². The lowest BCUT2D eigenvalue weighted by atomic mass is 10.1. The molecule has 0 rings (SSSR count). The van der Waals surface area contributed by atoms with Crippen molar-refractivity contribution < 1.29 is 14.3 Å². The van der Waals surface area contributed by atoms with Crippen LogP contribution in [0.15, 0.2) is 0 Å². The Morgan fingerprint density at radius 2 is 1.81 bits per heavy atom. The van der Waals surface area contributed by atoms with Gasteiger partial charge in [0.1, 0.15) is 0 Å². The fourth-order valence-corrected chi connectivity index (χ4v) is 1.46. The first-order chi connectivity index (χ1) is 7.70. The van der Waals surface area contributed by atoms with E-state index < -0.39 is 6.29 Å². The summed E-state index contributed by atoms with van der Waals surface area (Å²) in [6.45, 7) is 4.60. The molecule has 0 aliphatic carbocycles. The molecule has 1 atom stereocenters. The van der Waals surface area contributed by atoms with Crippen LogP contribution in [0.4, 0.5) is 0 Å². The Bertz CT molecular complexity index is 174. The van der Waals surface area contributed by atoms with Gasteiger partial charge in [0, 0.05) is 0 Å². The molecule has 0 heterocycles. The normalized spacial score (nSPS) is 12.4. The van der Waals surface area contributed by atoms with Crippen LogP contribution in [0.3, 0.4) is 0 Å². The quantitative estimate of drug-likeness (QED) is 0.279. The Hall–Kier alpha value is -0.220. The Balaban J connectivity index is 3.21. The topological polar surface area (TPSA) is 35.5 Å². The largest absolute Gasteiger partial charge is 0.435 e. The Morgan fingerprint density at radius 3 is 2.44 bits per heavy atom. The summed E-state index contributed by atoms with van der Waals surface area (Å²) in [7, 11) is 0. The van der Waals surface area contributed by atoms with E-state index in [1.807, 2.05) is 0 Å². The van der Waals surface area contributed by atoms with E-state index >= 15 is 0 Å². The van der Waals surface area contributed by atoms with Gasteiger partial charge < -0.3 is 9.47 Å². The third kappa shape index (κ3) is 10.3. The number of thiol groups is 1. The molecule has 0 aromatic carbocycles. The van der Waals surface area contributed by atoms with E-state index in [2.05, 4.69) is 19.6 Å². The number of carbonyl (C=O) groups excluding carboxylic acids is 1. The number of rotatable bonds is 10. The molecule has 0 bridgehead atoms. The molecule has 3 nitrogen and oxygen atoms in total. The average Bonchev–Trinajstić information content (AvgIpc) is 2.27. The van der Waals surface area contributed by atoms with Crippen molar-refractivity contribution in [1.29, 1.82) is 0 Å². The van der Waals surface area contributed by atoms with Gasteiger partial charge in [-0.1, -0.05) is 39.0 Å². The van der Waals surface area contributed by atoms with Gasteiger partial charge in [0.15, 0.2) is 6.29 Å². The predicted octanol–water partition coefficient (Wildman–Crippen LogP) is 3.18. The maximum atomic E-state index is 10.9. The van der Waals surface area contributed by atoms with Crippen LogP contribution in [-0.2, 0) is 14.3 Å². The third-order valence-corrected chi connectivity index (χ3v) is 2.54. The van der Waals surface area contributed by atoms with E-state index in [0.717, 1.165) is 6.42 Å². The third-order valence-electron chi connectivity index (χ3n) is 2.28. The highest BCUT2D eigenvalue weighted by Crippen LogP contribution is 2.06. The Morgan fingerprint density at radius 1 is 1.19 bits per heavy atom. The summed E-state index contributed by atoms with van der Waals surface area (Å²) in [5, 5.41) is 0. The second-order valence-corrected chi connectivity index (χ2v) is 4.17. The average molecular weight is 248 g/mol. The summed E-state index contributed by atoms with van der Waals surface area (Å²) in [6.07, 6.45) is 6.93. The SMILES string of the molecule is CCCCCCCCOC(C)OC(=O)CS. The zero-order valence-electron chi connectivity index (χ0n) is 10.4. The van der Waals surface area contributed by atoms with E-state index in [1.165, 1.54) is 32.1 Å². The van der Waals surface area contributed by atoms with Gasteiger partial charge in [0.2, 0.25) is 0 Å². The van der Waals surface area contributed by atoms with Gasteiger partial charge in [0.25, 0.3) is 0 Å². The van der Waals surface area contributed by atoms with Gasteiger partial charge in [-0.3, -0.25) is 4.79 Å². The molecule has 96 valence electrons. The molecule has 0 spiro atoms. The summed E-state index contributed by atoms with van der Waals surface area (Å²) < 4.78 is 10.3. The van der Waals surface area contributed by atoms with E-state index in [4.69, 9.17) is 9.47 Å². The van der Waals surface area contributed by atoms with Gasteiger partial charge in [-0.25, -0.2) is 0 Å². The maximum Gasteiger partial charge on any atom is 0.317 e. The minimum Gasteiger partial charge on any atom is -0.435 e. The Labute approximate surface area is 104 Å². The predicted molar refractivity (Wildman–Crippen MR) is 68.7 cm³/mol. The lowest BCUT2D eigenvalue weighted by Gasteiger charge is -2.13. The molecule has 0 aromatic rings. The molecule has 1 unspecified atom stereocenters. The van der Waals surface area contributed by atoms with Crippen LogP contribution in [0.1, 0.15) is 52.4 Å². The van der Waals surface area contributed by atoms with E-state index in [1.54, 1.807) is 6.92 Å². The molecule has 0 saturated carbocycles. The lowest BCUT2D eigenvalue weighted by molar-refractivity contribution is -0.171. The van der Waals surface area contributed by atoms with Crippen LogP contribution in [0.25, 0.3) is 0 Å². The molecule has 0 amide bonds. The van der Waals surface area contributed by atoms with Crippen LogP contribution in [0, 0.1) is 0 Å². The number of carbonyl (C=O) groups is 1. The number of hydrogen-bond donors (Lipinski definition) is 1. The minimum absolute atomic E-state index is 0.102. The smallest absolute Gasteiger partial charge is 0.317 e. The van der Waals surface area contributed by atoms with Gasteiger partial charge >= 0.3 is 5.97 Å². The van der Waals surface area contributed by atoms with Crippen molar-refractivity contribution in [2.45, 2.75) is 58.7 Å². The Kier molecular flexibility index (Phi) is 11.1. The zero-order valence-corrected chi connectivity index (χ0v) is 11.3. The number of esters is 1. The summed E-state index contributed by atoms with van der Waals surface area (Å²) in [6, 6.07) is 0. The van der Waals surface area contributed by atoms with E-state index in [0.29, 0.717) is 6.61 Å². The zero-order chi connectivity index (χ0) is 12.2.